The number of rotatable bonds is 19. The summed E-state index contributed by atoms with van der Waals surface area (Å²) in [6, 6.07) is -2.69. The molecule has 0 aromatic rings. The molecule has 1 aliphatic rings. The molecule has 0 aromatic heterocycles. The van der Waals surface area contributed by atoms with Crippen molar-refractivity contribution >= 4 is 35.5 Å². The minimum atomic E-state index is -0.993. The molecule has 234 valence electrons. The fourth-order valence-corrected chi connectivity index (χ4v) is 4.60. The van der Waals surface area contributed by atoms with Crippen LogP contribution in [-0.2, 0) is 24.0 Å². The van der Waals surface area contributed by atoms with Crippen LogP contribution in [0.25, 0.3) is 0 Å². The molecule has 0 aromatic carbocycles. The average molecular weight is 583 g/mol. The first-order valence-corrected chi connectivity index (χ1v) is 14.4. The summed E-state index contributed by atoms with van der Waals surface area (Å²) in [5.41, 5.74) is 15.9. The summed E-state index contributed by atoms with van der Waals surface area (Å²) in [5.74, 6) is 3.38. The molecule has 0 spiro atoms. The maximum absolute atomic E-state index is 13.6. The molecule has 2 unspecified atom stereocenters. The van der Waals surface area contributed by atoms with E-state index < -0.39 is 47.7 Å². The van der Waals surface area contributed by atoms with Gasteiger partial charge in [0.1, 0.15) is 18.1 Å². The van der Waals surface area contributed by atoms with E-state index in [0.29, 0.717) is 38.8 Å². The average Bonchev–Trinajstić information content (AvgIpc) is 3.38. The van der Waals surface area contributed by atoms with Crippen molar-refractivity contribution in [2.45, 2.75) is 90.3 Å². The van der Waals surface area contributed by atoms with Crippen molar-refractivity contribution in [3.05, 3.63) is 0 Å². The number of nitrogens with two attached hydrogens (primary N) is 4. The first-order valence-electron chi connectivity index (χ1n) is 14.4. The molecular formula is C26H50N10O5. The van der Waals surface area contributed by atoms with Crippen molar-refractivity contribution in [1.29, 1.82) is 0 Å². The molecule has 0 bridgehead atoms. The molecule has 0 radical (unpaired) electrons. The van der Waals surface area contributed by atoms with Gasteiger partial charge >= 0.3 is 0 Å². The van der Waals surface area contributed by atoms with Crippen molar-refractivity contribution in [3.63, 3.8) is 0 Å². The number of nitrogens with zero attached hydrogens (tertiary/aromatic N) is 3. The van der Waals surface area contributed by atoms with Crippen molar-refractivity contribution in [1.82, 2.24) is 25.9 Å². The van der Waals surface area contributed by atoms with E-state index in [-0.39, 0.29) is 37.9 Å². The van der Waals surface area contributed by atoms with E-state index in [0.717, 1.165) is 19.3 Å². The fourth-order valence-electron chi connectivity index (χ4n) is 4.60. The number of carbonyl (C=O) groups is 5. The Kier molecular flexibility index (Phi) is 16.3. The largest absolute Gasteiger partial charge is 0.370 e. The zero-order valence-electron chi connectivity index (χ0n) is 24.7. The molecule has 1 saturated heterocycles. The van der Waals surface area contributed by atoms with Crippen LogP contribution >= 0.6 is 0 Å². The van der Waals surface area contributed by atoms with E-state index in [1.54, 1.807) is 0 Å². The number of hydrazine groups is 1. The number of unbranched alkanes of at least 4 members (excludes halogenated alkanes) is 2. The van der Waals surface area contributed by atoms with E-state index in [9.17, 15) is 24.0 Å². The molecule has 15 nitrogen and oxygen atoms in total. The molecule has 15 heteroatoms. The van der Waals surface area contributed by atoms with E-state index in [4.69, 9.17) is 23.0 Å². The Morgan fingerprint density at radius 3 is 2.34 bits per heavy atom. The molecule has 0 saturated carbocycles. The van der Waals surface area contributed by atoms with Gasteiger partial charge in [0.2, 0.25) is 29.5 Å². The molecule has 3 atom stereocenters. The molecule has 1 heterocycles. The van der Waals surface area contributed by atoms with Crippen molar-refractivity contribution in [2.75, 3.05) is 32.7 Å². The SMILES string of the molecule is CCCCCN(N)CC(=O)NC(CC(C)C)C(=O)NC(CCCN=C(N)N)C(=O)N1CCC[C@H]1C(=O)NCC(N)=O. The van der Waals surface area contributed by atoms with Gasteiger partial charge in [-0.25, -0.2) is 5.01 Å². The minimum absolute atomic E-state index is 0.0671. The van der Waals surface area contributed by atoms with Crippen LogP contribution in [0.5, 0.6) is 0 Å². The standard InChI is InChI=1S/C26H50N10O5/c1-4-5-6-12-35(30)16-22(38)33-19(14-17(2)3)23(39)34-18(9-7-11-31-26(28)29)25(41)36-13-8-10-20(36)24(40)32-15-21(27)37/h17-20H,4-16,30H2,1-3H3,(H2,27,37)(H,32,40)(H,33,38)(H,34,39)(H4,28,29,31)/t18?,19?,20-/m0/s1. The maximum atomic E-state index is 13.6. The second kappa shape index (κ2) is 18.8. The minimum Gasteiger partial charge on any atom is -0.370 e. The van der Waals surface area contributed by atoms with Crippen LogP contribution in [0, 0.1) is 5.92 Å². The Labute approximate surface area is 242 Å². The predicted molar refractivity (Wildman–Crippen MR) is 155 cm³/mol. The number of carbonyl (C=O) groups excluding carboxylic acids is 5. The summed E-state index contributed by atoms with van der Waals surface area (Å²) in [6.07, 6.45) is 4.79. The van der Waals surface area contributed by atoms with Crippen LogP contribution in [0.4, 0.5) is 0 Å². The number of amides is 5. The summed E-state index contributed by atoms with van der Waals surface area (Å²) < 4.78 is 0. The van der Waals surface area contributed by atoms with E-state index in [2.05, 4.69) is 27.9 Å². The van der Waals surface area contributed by atoms with Crippen LogP contribution in [0.15, 0.2) is 4.99 Å². The van der Waals surface area contributed by atoms with Gasteiger partial charge in [-0.3, -0.25) is 34.8 Å². The Morgan fingerprint density at radius 2 is 1.73 bits per heavy atom. The highest BCUT2D eigenvalue weighted by Gasteiger charge is 2.38. The number of guanidine groups is 1. The molecule has 1 fully saturated rings. The summed E-state index contributed by atoms with van der Waals surface area (Å²) in [7, 11) is 0. The highest BCUT2D eigenvalue weighted by molar-refractivity contribution is 5.95. The monoisotopic (exact) mass is 582 g/mol. The lowest BCUT2D eigenvalue weighted by Crippen LogP contribution is -2.57. The first-order chi connectivity index (χ1) is 19.3. The van der Waals surface area contributed by atoms with Crippen LogP contribution in [0.3, 0.4) is 0 Å². The summed E-state index contributed by atoms with van der Waals surface area (Å²) in [6.45, 7) is 6.61. The Hall–Kier alpha value is -3.46. The molecule has 1 aliphatic heterocycles. The van der Waals surface area contributed by atoms with Gasteiger partial charge < -0.3 is 38.1 Å². The highest BCUT2D eigenvalue weighted by Crippen LogP contribution is 2.20. The van der Waals surface area contributed by atoms with Gasteiger partial charge in [0.15, 0.2) is 5.96 Å². The topological polar surface area (TPSA) is 244 Å². The molecule has 41 heavy (non-hydrogen) atoms. The zero-order chi connectivity index (χ0) is 30.9. The summed E-state index contributed by atoms with van der Waals surface area (Å²) in [4.78, 5) is 68.9. The van der Waals surface area contributed by atoms with Crippen molar-refractivity contribution < 1.29 is 24.0 Å². The number of hydrogen-bond acceptors (Lipinski definition) is 8. The molecule has 1 rings (SSSR count). The Balaban J connectivity index is 3.02. The molecule has 11 N–H and O–H groups in total. The van der Waals surface area contributed by atoms with Gasteiger partial charge in [0.05, 0.1) is 13.1 Å². The lowest BCUT2D eigenvalue weighted by Gasteiger charge is -2.30. The fraction of sp³-hybridized carbons (Fsp3) is 0.769. The van der Waals surface area contributed by atoms with Crippen LogP contribution < -0.4 is 39.0 Å². The zero-order valence-corrected chi connectivity index (χ0v) is 24.7. The van der Waals surface area contributed by atoms with Gasteiger partial charge in [0, 0.05) is 19.6 Å². The predicted octanol–water partition coefficient (Wildman–Crippen LogP) is -1.99. The van der Waals surface area contributed by atoms with Gasteiger partial charge in [-0.1, -0.05) is 33.6 Å². The third-order valence-electron chi connectivity index (χ3n) is 6.59. The third-order valence-corrected chi connectivity index (χ3v) is 6.59. The second-order valence-electron chi connectivity index (χ2n) is 10.8. The van der Waals surface area contributed by atoms with E-state index in [1.165, 1.54) is 9.91 Å². The lowest BCUT2D eigenvalue weighted by molar-refractivity contribution is -0.142. The summed E-state index contributed by atoms with van der Waals surface area (Å²) in [5, 5.41) is 9.41. The highest BCUT2D eigenvalue weighted by atomic mass is 16.2. The molecule has 5 amide bonds. The van der Waals surface area contributed by atoms with Crippen LogP contribution in [-0.4, -0.2) is 96.3 Å². The van der Waals surface area contributed by atoms with Gasteiger partial charge in [-0.05, 0) is 44.4 Å². The Bertz CT molecular complexity index is 909. The Morgan fingerprint density at radius 1 is 1.02 bits per heavy atom. The number of likely N-dealkylation sites (tertiary alicyclic amines) is 1. The quantitative estimate of drug-likeness (QED) is 0.0293. The number of primary amides is 1. The van der Waals surface area contributed by atoms with E-state index in [1.807, 2.05) is 13.8 Å². The van der Waals surface area contributed by atoms with Crippen LogP contribution in [0.2, 0.25) is 0 Å². The smallest absolute Gasteiger partial charge is 0.245 e. The molecule has 0 aliphatic carbocycles. The third kappa shape index (κ3) is 14.1. The normalized spacial score (nSPS) is 16.2. The lowest BCUT2D eigenvalue weighted by atomic mass is 10.0. The van der Waals surface area contributed by atoms with Crippen molar-refractivity contribution in [2.24, 2.45) is 34.0 Å². The van der Waals surface area contributed by atoms with Gasteiger partial charge in [-0.2, -0.15) is 0 Å². The number of hydrogen-bond donors (Lipinski definition) is 7. The van der Waals surface area contributed by atoms with E-state index >= 15 is 0 Å². The number of aliphatic imine (C=N–C) groups is 1. The van der Waals surface area contributed by atoms with Gasteiger partial charge in [-0.15, -0.1) is 0 Å². The first kappa shape index (κ1) is 35.6. The van der Waals surface area contributed by atoms with Crippen LogP contribution in [0.1, 0.15) is 72.1 Å². The van der Waals surface area contributed by atoms with Gasteiger partial charge in [0.25, 0.3) is 0 Å². The number of nitrogens with one attached hydrogen (secondary N) is 3. The second-order valence-corrected chi connectivity index (χ2v) is 10.8. The van der Waals surface area contributed by atoms with Crippen molar-refractivity contribution in [3.8, 4) is 0 Å². The summed E-state index contributed by atoms with van der Waals surface area (Å²) >= 11 is 0. The molecular weight excluding hydrogens is 532 g/mol. The maximum Gasteiger partial charge on any atom is 0.245 e.